The molecule has 0 saturated carbocycles. The Morgan fingerprint density at radius 1 is 0.933 bits per heavy atom. The Labute approximate surface area is 177 Å². The lowest BCUT2D eigenvalue weighted by Crippen LogP contribution is -2.41. The molecule has 0 aliphatic rings. The van der Waals surface area contributed by atoms with E-state index >= 15 is 0 Å². The number of esters is 1. The van der Waals surface area contributed by atoms with Crippen molar-refractivity contribution in [1.29, 1.82) is 0 Å². The molecule has 0 aliphatic heterocycles. The zero-order valence-corrected chi connectivity index (χ0v) is 18.4. The fraction of sp³-hybridized carbons (Fsp3) is 0.364. The van der Waals surface area contributed by atoms with Gasteiger partial charge in [-0.1, -0.05) is 42.5 Å². The summed E-state index contributed by atoms with van der Waals surface area (Å²) in [6, 6.07) is 15.8. The molecule has 2 rings (SSSR count). The zero-order chi connectivity index (χ0) is 22.0. The lowest BCUT2D eigenvalue weighted by Gasteiger charge is -2.17. The van der Waals surface area contributed by atoms with Crippen LogP contribution in [0.4, 0.5) is 0 Å². The summed E-state index contributed by atoms with van der Waals surface area (Å²) >= 11 is 0. The van der Waals surface area contributed by atoms with E-state index in [0.717, 1.165) is 12.8 Å². The van der Waals surface area contributed by atoms with E-state index in [1.807, 2.05) is 30.3 Å². The Balaban J connectivity index is 1.97. The standard InChI is InChI=1S/C22H28NO6P/c1-27-22(25)20(11-7-10-17-8-5-4-6-9-17)23-21(24)19-14-12-18(13-15-19)16-30(26,28-2)29-3/h4-6,8-9,12-15,20H,7,10-11,16H2,1-3H3,(H,23,24)/t20-/m1/s1. The third-order valence-corrected chi connectivity index (χ3v) is 6.61. The second kappa shape index (κ2) is 11.6. The number of ether oxygens (including phenoxy) is 1. The molecule has 7 nitrogen and oxygen atoms in total. The molecule has 8 heteroatoms. The summed E-state index contributed by atoms with van der Waals surface area (Å²) in [6.07, 6.45) is 2.10. The molecule has 0 bridgehead atoms. The third kappa shape index (κ3) is 7.10. The highest BCUT2D eigenvalue weighted by Gasteiger charge is 2.23. The maximum atomic E-state index is 12.6. The average Bonchev–Trinajstić information content (AvgIpc) is 2.78. The number of hydrogen-bond donors (Lipinski definition) is 1. The highest BCUT2D eigenvalue weighted by atomic mass is 31.2. The van der Waals surface area contributed by atoms with E-state index in [9.17, 15) is 14.2 Å². The molecule has 0 heterocycles. The highest BCUT2D eigenvalue weighted by molar-refractivity contribution is 7.52. The van der Waals surface area contributed by atoms with Gasteiger partial charge in [-0.25, -0.2) is 4.79 Å². The summed E-state index contributed by atoms with van der Waals surface area (Å²) in [6.45, 7) is 0. The first kappa shape index (κ1) is 23.8. The maximum absolute atomic E-state index is 12.6. The van der Waals surface area contributed by atoms with Crippen LogP contribution < -0.4 is 5.32 Å². The molecular weight excluding hydrogens is 405 g/mol. The summed E-state index contributed by atoms with van der Waals surface area (Å²) in [5.41, 5.74) is 2.28. The van der Waals surface area contributed by atoms with Crippen molar-refractivity contribution in [3.8, 4) is 0 Å². The van der Waals surface area contributed by atoms with Crippen LogP contribution in [0.5, 0.6) is 0 Å². The first-order chi connectivity index (χ1) is 14.4. The van der Waals surface area contributed by atoms with Crippen LogP contribution in [-0.4, -0.2) is 39.2 Å². The Morgan fingerprint density at radius 2 is 1.57 bits per heavy atom. The van der Waals surface area contributed by atoms with Crippen molar-refractivity contribution < 1.29 is 27.9 Å². The molecule has 2 aromatic carbocycles. The molecule has 0 fully saturated rings. The fourth-order valence-electron chi connectivity index (χ4n) is 2.98. The number of amides is 1. The van der Waals surface area contributed by atoms with Crippen molar-refractivity contribution >= 4 is 19.5 Å². The summed E-state index contributed by atoms with van der Waals surface area (Å²) < 4.78 is 26.9. The van der Waals surface area contributed by atoms with E-state index in [2.05, 4.69) is 5.32 Å². The number of nitrogens with one attached hydrogen (secondary N) is 1. The van der Waals surface area contributed by atoms with Gasteiger partial charge in [0.1, 0.15) is 6.04 Å². The van der Waals surface area contributed by atoms with Crippen LogP contribution in [0.3, 0.4) is 0 Å². The molecular formula is C22H28NO6P. The van der Waals surface area contributed by atoms with E-state index < -0.39 is 19.6 Å². The minimum Gasteiger partial charge on any atom is -0.467 e. The fourth-order valence-corrected chi connectivity index (χ4v) is 4.04. The minimum atomic E-state index is -3.18. The molecule has 2 aromatic rings. The van der Waals surface area contributed by atoms with Crippen molar-refractivity contribution in [3.63, 3.8) is 0 Å². The number of methoxy groups -OCH3 is 1. The summed E-state index contributed by atoms with van der Waals surface area (Å²) in [5, 5.41) is 2.74. The van der Waals surface area contributed by atoms with Gasteiger partial charge < -0.3 is 19.1 Å². The average molecular weight is 433 g/mol. The molecule has 0 unspecified atom stereocenters. The lowest BCUT2D eigenvalue weighted by molar-refractivity contribution is -0.143. The first-order valence-corrected chi connectivity index (χ1v) is 11.4. The molecule has 162 valence electrons. The molecule has 30 heavy (non-hydrogen) atoms. The highest BCUT2D eigenvalue weighted by Crippen LogP contribution is 2.49. The van der Waals surface area contributed by atoms with E-state index in [1.54, 1.807) is 24.3 Å². The molecule has 0 aromatic heterocycles. The van der Waals surface area contributed by atoms with E-state index in [4.69, 9.17) is 13.8 Å². The molecule has 0 saturated heterocycles. The van der Waals surface area contributed by atoms with Crippen molar-refractivity contribution in [2.24, 2.45) is 0 Å². The quantitative estimate of drug-likeness (QED) is 0.426. The van der Waals surface area contributed by atoms with Gasteiger partial charge in [0.05, 0.1) is 13.3 Å². The Hall–Kier alpha value is -2.47. The predicted molar refractivity (Wildman–Crippen MR) is 114 cm³/mol. The van der Waals surface area contributed by atoms with Crippen molar-refractivity contribution in [2.75, 3.05) is 21.3 Å². The number of benzene rings is 2. The van der Waals surface area contributed by atoms with Crippen LogP contribution in [0.25, 0.3) is 0 Å². The molecule has 1 N–H and O–H groups in total. The summed E-state index contributed by atoms with van der Waals surface area (Å²) in [7, 11) is 0.782. The van der Waals surface area contributed by atoms with Gasteiger partial charge >= 0.3 is 13.6 Å². The molecule has 0 radical (unpaired) electrons. The molecule has 0 aliphatic carbocycles. The third-order valence-electron chi connectivity index (χ3n) is 4.74. The first-order valence-electron chi connectivity index (χ1n) is 9.63. The van der Waals surface area contributed by atoms with E-state index in [0.29, 0.717) is 17.5 Å². The van der Waals surface area contributed by atoms with Gasteiger partial charge in [-0.2, -0.15) is 0 Å². The second-order valence-corrected chi connectivity index (χ2v) is 9.03. The molecule has 0 spiro atoms. The van der Waals surface area contributed by atoms with Crippen LogP contribution in [-0.2, 0) is 35.7 Å². The van der Waals surface area contributed by atoms with Crippen molar-refractivity contribution in [1.82, 2.24) is 5.32 Å². The van der Waals surface area contributed by atoms with Gasteiger partial charge in [-0.05, 0) is 42.5 Å². The van der Waals surface area contributed by atoms with Crippen molar-refractivity contribution in [3.05, 3.63) is 71.3 Å². The summed E-state index contributed by atoms with van der Waals surface area (Å²) in [4.78, 5) is 24.7. The Morgan fingerprint density at radius 3 is 2.13 bits per heavy atom. The van der Waals surface area contributed by atoms with Crippen LogP contribution >= 0.6 is 7.60 Å². The maximum Gasteiger partial charge on any atom is 0.334 e. The monoisotopic (exact) mass is 433 g/mol. The van der Waals surface area contributed by atoms with Crippen LogP contribution in [0.15, 0.2) is 54.6 Å². The normalized spacial score (nSPS) is 12.2. The lowest BCUT2D eigenvalue weighted by atomic mass is 10.0. The van der Waals surface area contributed by atoms with Crippen molar-refractivity contribution in [2.45, 2.75) is 31.5 Å². The van der Waals surface area contributed by atoms with Crippen LogP contribution in [0.1, 0.15) is 34.3 Å². The Kier molecular flexibility index (Phi) is 9.24. The smallest absolute Gasteiger partial charge is 0.334 e. The Bertz CT molecular complexity index is 861. The number of aryl methyl sites for hydroxylation is 1. The minimum absolute atomic E-state index is 0.103. The van der Waals surface area contributed by atoms with Gasteiger partial charge in [0.25, 0.3) is 5.91 Å². The largest absolute Gasteiger partial charge is 0.467 e. The number of rotatable bonds is 11. The van der Waals surface area contributed by atoms with Gasteiger partial charge in [0.2, 0.25) is 0 Å². The van der Waals surface area contributed by atoms with E-state index in [1.165, 1.54) is 26.9 Å². The SMILES string of the molecule is COC(=O)[C@@H](CCCc1ccccc1)NC(=O)c1ccc(CP(=O)(OC)OC)cc1. The molecule has 1 amide bonds. The number of carbonyl (C=O) groups excluding carboxylic acids is 2. The van der Waals surface area contributed by atoms with Gasteiger partial charge in [-0.15, -0.1) is 0 Å². The zero-order valence-electron chi connectivity index (χ0n) is 17.5. The predicted octanol–water partition coefficient (Wildman–Crippen LogP) is 3.97. The van der Waals surface area contributed by atoms with Gasteiger partial charge in [0, 0.05) is 19.8 Å². The summed E-state index contributed by atoms with van der Waals surface area (Å²) in [5.74, 6) is -0.854. The van der Waals surface area contributed by atoms with Gasteiger partial charge in [0.15, 0.2) is 0 Å². The number of hydrogen-bond acceptors (Lipinski definition) is 6. The van der Waals surface area contributed by atoms with Crippen LogP contribution in [0.2, 0.25) is 0 Å². The molecule has 1 atom stereocenters. The topological polar surface area (TPSA) is 90.9 Å². The second-order valence-electron chi connectivity index (χ2n) is 6.76. The van der Waals surface area contributed by atoms with Crippen LogP contribution in [0, 0.1) is 0 Å². The van der Waals surface area contributed by atoms with Gasteiger partial charge in [-0.3, -0.25) is 9.36 Å². The van der Waals surface area contributed by atoms with E-state index in [-0.39, 0.29) is 12.1 Å². The number of carbonyl (C=O) groups is 2.